The smallest absolute Gasteiger partial charge is 0.124 e. The Morgan fingerprint density at radius 2 is 1.37 bits per heavy atom. The quantitative estimate of drug-likeness (QED) is 0.364. The first-order valence-electron chi connectivity index (χ1n) is 9.32. The highest BCUT2D eigenvalue weighted by Crippen LogP contribution is 2.36. The van der Waals surface area contributed by atoms with Gasteiger partial charge in [-0.1, -0.05) is 116 Å². The summed E-state index contributed by atoms with van der Waals surface area (Å²) >= 11 is 3.88. The highest BCUT2D eigenvalue weighted by atomic mass is 32.2. The maximum Gasteiger partial charge on any atom is 0.124 e. The van der Waals surface area contributed by atoms with Crippen LogP contribution in [0.4, 0.5) is 0 Å². The number of hydrogen-bond donors (Lipinski definition) is 0. The molecule has 3 aromatic rings. The molecule has 1 aromatic heterocycles. The minimum atomic E-state index is -1.70. The van der Waals surface area contributed by atoms with Crippen molar-refractivity contribution in [3.63, 3.8) is 0 Å². The molecule has 0 unspecified atom stereocenters. The first-order chi connectivity index (χ1) is 12.7. The van der Waals surface area contributed by atoms with Crippen LogP contribution < -0.4 is 14.9 Å². The summed E-state index contributed by atoms with van der Waals surface area (Å²) in [5, 5.41) is 2.95. The van der Waals surface area contributed by atoms with Gasteiger partial charge >= 0.3 is 0 Å². The molecule has 3 rings (SSSR count). The molecular formula is C23H28S2Si2. The number of thioether (sulfide) groups is 1. The Morgan fingerprint density at radius 3 is 1.93 bits per heavy atom. The summed E-state index contributed by atoms with van der Waals surface area (Å²) in [5.41, 5.74) is 0. The van der Waals surface area contributed by atoms with Gasteiger partial charge < -0.3 is 0 Å². The number of benzene rings is 2. The van der Waals surface area contributed by atoms with Gasteiger partial charge in [0.05, 0.1) is 0 Å². The molecule has 0 amide bonds. The summed E-state index contributed by atoms with van der Waals surface area (Å²) in [4.78, 5) is 2.82. The summed E-state index contributed by atoms with van der Waals surface area (Å²) < 4.78 is 2.89. The van der Waals surface area contributed by atoms with Crippen LogP contribution in [0, 0.1) is 6.92 Å². The third-order valence-corrected chi connectivity index (χ3v) is 17.3. The van der Waals surface area contributed by atoms with E-state index in [1.807, 2.05) is 23.1 Å². The van der Waals surface area contributed by atoms with Gasteiger partial charge in [0, 0.05) is 9.77 Å². The van der Waals surface area contributed by atoms with E-state index in [4.69, 9.17) is 0 Å². The van der Waals surface area contributed by atoms with E-state index < -0.39 is 16.1 Å². The van der Waals surface area contributed by atoms with Crippen molar-refractivity contribution in [2.75, 3.05) is 0 Å². The fourth-order valence-electron chi connectivity index (χ4n) is 3.15. The maximum absolute atomic E-state index is 4.51. The number of hydrogen-bond acceptors (Lipinski definition) is 2. The average Bonchev–Trinajstić information content (AvgIpc) is 3.04. The van der Waals surface area contributed by atoms with Gasteiger partial charge in [0.1, 0.15) is 16.1 Å². The zero-order valence-electron chi connectivity index (χ0n) is 16.9. The van der Waals surface area contributed by atoms with Gasteiger partial charge in [-0.2, -0.15) is 0 Å². The predicted molar refractivity (Wildman–Crippen MR) is 131 cm³/mol. The van der Waals surface area contributed by atoms with Gasteiger partial charge in [0.15, 0.2) is 0 Å². The number of thiophene rings is 1. The summed E-state index contributed by atoms with van der Waals surface area (Å²) in [6.45, 7) is 16.5. The van der Waals surface area contributed by atoms with Crippen molar-refractivity contribution in [2.24, 2.45) is 0 Å². The maximum atomic E-state index is 4.51. The molecule has 4 heteroatoms. The molecule has 0 nitrogen and oxygen atoms in total. The van der Waals surface area contributed by atoms with Gasteiger partial charge in [0.2, 0.25) is 0 Å². The highest BCUT2D eigenvalue weighted by Gasteiger charge is 2.31. The molecule has 0 aliphatic carbocycles. The van der Waals surface area contributed by atoms with Crippen LogP contribution in [0.2, 0.25) is 26.2 Å². The molecule has 0 bridgehead atoms. The van der Waals surface area contributed by atoms with E-state index in [9.17, 15) is 0 Å². The number of aryl methyl sites for hydroxylation is 1. The Balaban J connectivity index is 1.86. The summed E-state index contributed by atoms with van der Waals surface area (Å²) in [7, 11) is -3.34. The Hall–Kier alpha value is -1.34. The summed E-state index contributed by atoms with van der Waals surface area (Å²) in [6.07, 6.45) is 0. The van der Waals surface area contributed by atoms with Gasteiger partial charge in [-0.3, -0.25) is 0 Å². The van der Waals surface area contributed by atoms with Crippen molar-refractivity contribution in [3.8, 4) is 0 Å². The first-order valence-corrected chi connectivity index (χ1v) is 17.0. The monoisotopic (exact) mass is 424 g/mol. The minimum absolute atomic E-state index is 1.33. The predicted octanol–water partition coefficient (Wildman–Crippen LogP) is 5.64. The third kappa shape index (κ3) is 4.24. The standard InChI is InChI=1S/C23H28S2Si2/c1-18-22(25-19(2)26(3,4)20-13-9-7-10-14-20)17-23(24-18)27(5,6)21-15-11-8-12-16-21/h7-17H,2H2,1,3-6H3. The summed E-state index contributed by atoms with van der Waals surface area (Å²) in [5.74, 6) is 0. The van der Waals surface area contributed by atoms with Crippen molar-refractivity contribution < 1.29 is 0 Å². The molecule has 0 spiro atoms. The van der Waals surface area contributed by atoms with Crippen LogP contribution in [0.5, 0.6) is 0 Å². The second kappa shape index (κ2) is 7.96. The van der Waals surface area contributed by atoms with Gasteiger partial charge in [-0.05, 0) is 22.0 Å². The van der Waals surface area contributed by atoms with Crippen molar-refractivity contribution >= 4 is 54.1 Å². The molecule has 0 saturated heterocycles. The normalized spacial score (nSPS) is 12.2. The molecule has 0 fully saturated rings. The van der Waals surface area contributed by atoms with Crippen LogP contribution in [0.1, 0.15) is 4.88 Å². The van der Waals surface area contributed by atoms with Crippen molar-refractivity contribution in [3.05, 3.63) is 82.7 Å². The van der Waals surface area contributed by atoms with E-state index in [2.05, 4.69) is 106 Å². The molecule has 0 radical (unpaired) electrons. The Morgan fingerprint density at radius 1 is 0.852 bits per heavy atom. The Bertz CT molecular complexity index is 926. The molecule has 1 heterocycles. The van der Waals surface area contributed by atoms with Crippen LogP contribution in [0.15, 0.2) is 82.7 Å². The van der Waals surface area contributed by atoms with E-state index in [0.29, 0.717) is 0 Å². The zero-order chi connectivity index (χ0) is 19.7. The first kappa shape index (κ1) is 20.4. The van der Waals surface area contributed by atoms with Crippen LogP contribution in [-0.4, -0.2) is 16.1 Å². The second-order valence-corrected chi connectivity index (χ2v) is 20.0. The molecule has 0 aliphatic rings. The van der Waals surface area contributed by atoms with E-state index >= 15 is 0 Å². The highest BCUT2D eigenvalue weighted by molar-refractivity contribution is 8.05. The lowest BCUT2D eigenvalue weighted by atomic mass is 10.4. The Kier molecular flexibility index (Phi) is 6.01. The van der Waals surface area contributed by atoms with Crippen LogP contribution in [-0.2, 0) is 0 Å². The van der Waals surface area contributed by atoms with E-state index in [0.717, 1.165) is 0 Å². The fraction of sp³-hybridized carbons (Fsp3) is 0.217. The minimum Gasteiger partial charge on any atom is -0.149 e. The van der Waals surface area contributed by atoms with Gasteiger partial charge in [-0.25, -0.2) is 0 Å². The van der Waals surface area contributed by atoms with Crippen molar-refractivity contribution in [1.29, 1.82) is 0 Å². The molecule has 0 saturated carbocycles. The molecule has 0 N–H and O–H groups in total. The van der Waals surface area contributed by atoms with E-state index in [1.54, 1.807) is 4.50 Å². The SMILES string of the molecule is C=C(Sc1cc([Si](C)(C)c2ccccc2)sc1C)[Si](C)(C)c1ccccc1. The summed E-state index contributed by atoms with van der Waals surface area (Å²) in [6, 6.07) is 24.4. The topological polar surface area (TPSA) is 0 Å². The van der Waals surface area contributed by atoms with Gasteiger partial charge in [0.25, 0.3) is 0 Å². The molecule has 140 valence electrons. The number of rotatable bonds is 6. The average molecular weight is 425 g/mol. The molecule has 0 aliphatic heterocycles. The second-order valence-electron chi connectivity index (χ2n) is 8.04. The Labute approximate surface area is 174 Å². The molecule has 2 aromatic carbocycles. The fourth-order valence-corrected chi connectivity index (χ4v) is 11.5. The largest absolute Gasteiger partial charge is 0.149 e. The third-order valence-electron chi connectivity index (χ3n) is 5.41. The zero-order valence-corrected chi connectivity index (χ0v) is 20.5. The van der Waals surface area contributed by atoms with Crippen LogP contribution in [0.3, 0.4) is 0 Å². The van der Waals surface area contributed by atoms with Crippen molar-refractivity contribution in [1.82, 2.24) is 0 Å². The molecule has 27 heavy (non-hydrogen) atoms. The molecular weight excluding hydrogens is 397 g/mol. The van der Waals surface area contributed by atoms with Crippen molar-refractivity contribution in [2.45, 2.75) is 38.0 Å². The lowest BCUT2D eigenvalue weighted by molar-refractivity contribution is 1.43. The lowest BCUT2D eigenvalue weighted by Crippen LogP contribution is -2.51. The molecule has 0 atom stereocenters. The van der Waals surface area contributed by atoms with Crippen LogP contribution in [0.25, 0.3) is 0 Å². The lowest BCUT2D eigenvalue weighted by Gasteiger charge is -2.25. The van der Waals surface area contributed by atoms with E-state index in [1.165, 1.54) is 24.7 Å². The van der Waals surface area contributed by atoms with Crippen LogP contribution >= 0.6 is 23.1 Å². The van der Waals surface area contributed by atoms with Gasteiger partial charge in [-0.15, -0.1) is 11.3 Å². The van der Waals surface area contributed by atoms with E-state index in [-0.39, 0.29) is 0 Å².